The lowest BCUT2D eigenvalue weighted by Gasteiger charge is -2.22. The van der Waals surface area contributed by atoms with Crippen molar-refractivity contribution in [1.82, 2.24) is 0 Å². The molecule has 120 valence electrons. The monoisotopic (exact) mass is 298 g/mol. The molecule has 2 unspecified atom stereocenters. The number of hydrogen-bond donors (Lipinski definition) is 2. The number of rotatable bonds is 7. The van der Waals surface area contributed by atoms with Gasteiger partial charge in [-0.1, -0.05) is 38.1 Å². The molecule has 1 aromatic rings. The van der Waals surface area contributed by atoms with Crippen LogP contribution in [0, 0.1) is 5.92 Å². The maximum absolute atomic E-state index is 10.3. The lowest BCUT2D eigenvalue weighted by molar-refractivity contribution is -0.157. The highest BCUT2D eigenvalue weighted by molar-refractivity contribution is 5.38. The van der Waals surface area contributed by atoms with Gasteiger partial charge in [0.1, 0.15) is 0 Å². The van der Waals surface area contributed by atoms with Crippen LogP contribution in [0.1, 0.15) is 30.9 Å². The van der Waals surface area contributed by atoms with Gasteiger partial charge in [-0.25, -0.2) is 0 Å². The Bertz CT molecular complexity index is 392. The molecule has 0 fully saturated rings. The van der Waals surface area contributed by atoms with E-state index in [9.17, 15) is 15.0 Å². The van der Waals surface area contributed by atoms with Crippen LogP contribution in [0.5, 0.6) is 0 Å². The third-order valence-electron chi connectivity index (χ3n) is 2.82. The first kappa shape index (κ1) is 19.6. The third kappa shape index (κ3) is 7.22. The molecular weight excluding hydrogens is 272 g/mol. The summed E-state index contributed by atoms with van der Waals surface area (Å²) in [7, 11) is 3.25. The quantitative estimate of drug-likeness (QED) is 0.592. The number of aliphatic hydroxyl groups excluding tert-OH is 2. The van der Waals surface area contributed by atoms with Crippen molar-refractivity contribution in [2.24, 2.45) is 5.92 Å². The average Bonchev–Trinajstić information content (AvgIpc) is 2.42. The summed E-state index contributed by atoms with van der Waals surface area (Å²) < 4.78 is 8.77. The highest BCUT2D eigenvalue weighted by atomic mass is 16.6. The van der Waals surface area contributed by atoms with Crippen molar-refractivity contribution in [2.45, 2.75) is 32.5 Å². The number of ether oxygens (including phenoxy) is 2. The van der Waals surface area contributed by atoms with E-state index in [1.807, 2.05) is 24.3 Å². The number of aliphatic hydroxyl groups is 2. The fourth-order valence-electron chi connectivity index (χ4n) is 2.02. The lowest BCUT2D eigenvalue weighted by Crippen LogP contribution is -2.25. The van der Waals surface area contributed by atoms with Crippen LogP contribution in [0.25, 0.3) is 0 Å². The van der Waals surface area contributed by atoms with Crippen LogP contribution in [0.3, 0.4) is 0 Å². The zero-order valence-corrected chi connectivity index (χ0v) is 13.2. The van der Waals surface area contributed by atoms with Crippen molar-refractivity contribution in [3.8, 4) is 0 Å². The molecule has 0 aliphatic heterocycles. The Balaban J connectivity index is 0.00000122. The topological polar surface area (TPSA) is 76.0 Å². The summed E-state index contributed by atoms with van der Waals surface area (Å²) in [4.78, 5) is 10.3. The zero-order valence-electron chi connectivity index (χ0n) is 13.2. The second-order valence-corrected chi connectivity index (χ2v) is 5.12. The minimum Gasteiger partial charge on any atom is -0.437 e. The van der Waals surface area contributed by atoms with Gasteiger partial charge in [-0.05, 0) is 23.5 Å². The van der Waals surface area contributed by atoms with Crippen molar-refractivity contribution < 1.29 is 24.5 Å². The first-order chi connectivity index (χ1) is 10.0. The Morgan fingerprint density at radius 2 is 1.81 bits per heavy atom. The van der Waals surface area contributed by atoms with Gasteiger partial charge in [0.2, 0.25) is 6.29 Å². The van der Waals surface area contributed by atoms with Gasteiger partial charge < -0.3 is 19.7 Å². The molecule has 0 saturated heterocycles. The second kappa shape index (κ2) is 11.3. The first-order valence-electron chi connectivity index (χ1n) is 6.87. The number of benzene rings is 1. The Hall–Kier alpha value is -1.43. The fourth-order valence-corrected chi connectivity index (χ4v) is 2.02. The van der Waals surface area contributed by atoms with Gasteiger partial charge in [-0.15, -0.1) is 0 Å². The maximum Gasteiger partial charge on any atom is 0.295 e. The van der Waals surface area contributed by atoms with Gasteiger partial charge in [0.15, 0.2) is 0 Å². The molecule has 0 aromatic heterocycles. The van der Waals surface area contributed by atoms with Gasteiger partial charge in [-0.2, -0.15) is 0 Å². The molecule has 0 radical (unpaired) electrons. The van der Waals surface area contributed by atoms with E-state index < -0.39 is 12.2 Å². The van der Waals surface area contributed by atoms with Gasteiger partial charge in [-0.3, -0.25) is 4.79 Å². The molecule has 0 spiro atoms. The predicted molar refractivity (Wildman–Crippen MR) is 80.9 cm³/mol. The van der Waals surface area contributed by atoms with E-state index in [0.29, 0.717) is 5.92 Å². The van der Waals surface area contributed by atoms with Crippen LogP contribution in [0.2, 0.25) is 0 Å². The highest BCUT2D eigenvalue weighted by Crippen LogP contribution is 2.25. The largest absolute Gasteiger partial charge is 0.437 e. The van der Waals surface area contributed by atoms with E-state index >= 15 is 0 Å². The molecule has 0 aliphatic carbocycles. The maximum atomic E-state index is 10.3. The zero-order chi connectivity index (χ0) is 16.3. The van der Waals surface area contributed by atoms with Crippen LogP contribution in [0.4, 0.5) is 0 Å². The fraction of sp³-hybridized carbons (Fsp3) is 0.562. The minimum absolute atomic E-state index is 0.193. The summed E-state index contributed by atoms with van der Waals surface area (Å²) in [6.45, 7) is 4.12. The molecule has 1 rings (SSSR count). The molecule has 5 nitrogen and oxygen atoms in total. The van der Waals surface area contributed by atoms with E-state index in [0.717, 1.165) is 17.5 Å². The van der Waals surface area contributed by atoms with E-state index in [2.05, 4.69) is 23.3 Å². The molecule has 0 amide bonds. The summed E-state index contributed by atoms with van der Waals surface area (Å²) >= 11 is 0. The Labute approximate surface area is 126 Å². The molecule has 0 heterocycles. The van der Waals surface area contributed by atoms with Crippen molar-refractivity contribution >= 4 is 6.47 Å². The van der Waals surface area contributed by atoms with Crippen molar-refractivity contribution in [3.05, 3.63) is 35.4 Å². The molecule has 5 heteroatoms. The normalized spacial score (nSPS) is 13.1. The third-order valence-corrected chi connectivity index (χ3v) is 2.82. The number of hydrogen-bond acceptors (Lipinski definition) is 5. The summed E-state index contributed by atoms with van der Waals surface area (Å²) in [5.41, 5.74) is 1.88. The molecule has 0 aliphatic rings. The first-order valence-corrected chi connectivity index (χ1v) is 6.87. The molecule has 0 bridgehead atoms. The van der Waals surface area contributed by atoms with E-state index in [1.165, 1.54) is 0 Å². The van der Waals surface area contributed by atoms with Gasteiger partial charge in [0.05, 0.1) is 12.5 Å². The van der Waals surface area contributed by atoms with Crippen LogP contribution in [0.15, 0.2) is 24.3 Å². The van der Waals surface area contributed by atoms with Crippen LogP contribution >= 0.6 is 0 Å². The second-order valence-electron chi connectivity index (χ2n) is 5.12. The smallest absolute Gasteiger partial charge is 0.295 e. The van der Waals surface area contributed by atoms with E-state index in [4.69, 9.17) is 0 Å². The molecule has 1 aromatic carbocycles. The van der Waals surface area contributed by atoms with Crippen molar-refractivity contribution in [1.29, 1.82) is 0 Å². The molecule has 21 heavy (non-hydrogen) atoms. The van der Waals surface area contributed by atoms with Crippen molar-refractivity contribution in [3.63, 3.8) is 0 Å². The number of methoxy groups -OCH3 is 1. The van der Waals surface area contributed by atoms with Gasteiger partial charge in [0.25, 0.3) is 6.47 Å². The molecule has 2 atom stereocenters. The summed E-state index contributed by atoms with van der Waals surface area (Å²) in [5, 5.41) is 19.1. The van der Waals surface area contributed by atoms with Crippen LogP contribution in [-0.4, -0.2) is 43.8 Å². The summed E-state index contributed by atoms with van der Waals surface area (Å²) in [6.07, 6.45) is -0.471. The standard InChI is InChI=1S/C14H20O4.C2H6O/c1-10(2)7-11-5-3-4-6-12(11)13(8-15)14(17)18-9-16;1-3-2/h3-6,9-10,13-15,17H,7-8H2,1-2H3;1-2H3. The lowest BCUT2D eigenvalue weighted by atomic mass is 9.90. The van der Waals surface area contributed by atoms with Crippen molar-refractivity contribution in [2.75, 3.05) is 20.8 Å². The SMILES string of the molecule is CC(C)Cc1ccccc1C(CO)C(O)OC=O.COC. The Morgan fingerprint density at radius 1 is 1.24 bits per heavy atom. The van der Waals surface area contributed by atoms with Gasteiger partial charge >= 0.3 is 0 Å². The summed E-state index contributed by atoms with van der Waals surface area (Å²) in [5.74, 6) is -0.139. The number of carbonyl (C=O) groups is 1. The van der Waals surface area contributed by atoms with Crippen LogP contribution in [-0.2, 0) is 20.7 Å². The van der Waals surface area contributed by atoms with E-state index in [1.54, 1.807) is 14.2 Å². The Morgan fingerprint density at radius 3 is 2.29 bits per heavy atom. The van der Waals surface area contributed by atoms with E-state index in [-0.39, 0.29) is 13.1 Å². The number of carbonyl (C=O) groups excluding carboxylic acids is 1. The Kier molecular flexibility index (Phi) is 10.5. The summed E-state index contributed by atoms with van der Waals surface area (Å²) in [6, 6.07) is 7.57. The average molecular weight is 298 g/mol. The van der Waals surface area contributed by atoms with Crippen LogP contribution < -0.4 is 0 Å². The molecule has 0 saturated carbocycles. The van der Waals surface area contributed by atoms with Gasteiger partial charge in [0, 0.05) is 14.2 Å². The highest BCUT2D eigenvalue weighted by Gasteiger charge is 2.24. The predicted octanol–water partition coefficient (Wildman–Crippen LogP) is 1.71. The minimum atomic E-state index is -1.32. The molecule has 2 N–H and O–H groups in total. The molecular formula is C16H26O5.